The molecule has 5 rings (SSSR count). The van der Waals surface area contributed by atoms with Crippen molar-refractivity contribution in [2.75, 3.05) is 33.4 Å². The molecule has 0 bridgehead atoms. The molecule has 1 aliphatic heterocycles. The summed E-state index contributed by atoms with van der Waals surface area (Å²) in [5.41, 5.74) is 4.92. The van der Waals surface area contributed by atoms with Crippen LogP contribution in [-0.4, -0.2) is 38.3 Å². The van der Waals surface area contributed by atoms with Gasteiger partial charge in [0.1, 0.15) is 18.1 Å². The summed E-state index contributed by atoms with van der Waals surface area (Å²) in [7, 11) is 1.64. The predicted octanol–water partition coefficient (Wildman–Crippen LogP) is 6.50. The highest BCUT2D eigenvalue weighted by atomic mass is 35.5. The highest BCUT2D eigenvalue weighted by molar-refractivity contribution is 6.00. The van der Waals surface area contributed by atoms with Crippen LogP contribution in [0.3, 0.4) is 0 Å². The Morgan fingerprint density at radius 2 is 1.61 bits per heavy atom. The maximum atomic E-state index is 8.60. The molecule has 3 nitrogen and oxygen atoms in total. The second kappa shape index (κ2) is 10.9. The SMILES string of the molecule is Cl.[2H]c1c([2H])c([2H])c(C2=C(c3ccc(OCCN4CCCC4)cc3)c3ccc(OC)cc3CC2)c([2H])c1[2H]. The molecule has 4 heteroatoms. The summed E-state index contributed by atoms with van der Waals surface area (Å²) < 4.78 is 53.1. The fourth-order valence-electron chi connectivity index (χ4n) is 4.69. The van der Waals surface area contributed by atoms with Crippen LogP contribution in [0.2, 0.25) is 0 Å². The van der Waals surface area contributed by atoms with Gasteiger partial charge in [0.15, 0.2) is 0 Å². The quantitative estimate of drug-likeness (QED) is 0.397. The lowest BCUT2D eigenvalue weighted by atomic mass is 9.79. The average molecular weight is 467 g/mol. The molecule has 0 amide bonds. The van der Waals surface area contributed by atoms with Crippen molar-refractivity contribution in [2.45, 2.75) is 25.7 Å². The molecule has 33 heavy (non-hydrogen) atoms. The molecule has 1 saturated heterocycles. The lowest BCUT2D eigenvalue weighted by Gasteiger charge is -2.25. The van der Waals surface area contributed by atoms with E-state index in [1.54, 1.807) is 7.11 Å². The number of likely N-dealkylation sites (tertiary alicyclic amines) is 1. The Morgan fingerprint density at radius 3 is 2.33 bits per heavy atom. The van der Waals surface area contributed by atoms with E-state index < -0.39 is 0 Å². The summed E-state index contributed by atoms with van der Waals surface area (Å²) in [5.74, 6) is 1.56. The highest BCUT2D eigenvalue weighted by Gasteiger charge is 2.22. The fraction of sp³-hybridized carbons (Fsp3) is 0.310. The first-order valence-electron chi connectivity index (χ1n) is 13.8. The van der Waals surface area contributed by atoms with Crippen molar-refractivity contribution in [1.82, 2.24) is 4.90 Å². The van der Waals surface area contributed by atoms with Gasteiger partial charge in [-0.15, -0.1) is 12.4 Å². The Kier molecular flexibility index (Phi) is 5.85. The molecule has 0 unspecified atom stereocenters. The Morgan fingerprint density at radius 1 is 0.879 bits per heavy atom. The number of halogens is 1. The first kappa shape index (κ1) is 17.7. The smallest absolute Gasteiger partial charge is 0.119 e. The largest absolute Gasteiger partial charge is 0.497 e. The van der Waals surface area contributed by atoms with Crippen LogP contribution in [0.4, 0.5) is 0 Å². The first-order valence-corrected chi connectivity index (χ1v) is 11.3. The van der Waals surface area contributed by atoms with E-state index >= 15 is 0 Å². The third-order valence-electron chi connectivity index (χ3n) is 6.35. The minimum Gasteiger partial charge on any atom is -0.497 e. The lowest BCUT2D eigenvalue weighted by Crippen LogP contribution is -2.25. The number of nitrogens with zero attached hydrogens (tertiary/aromatic N) is 1. The number of methoxy groups -OCH3 is 1. The van der Waals surface area contributed by atoms with Crippen molar-refractivity contribution < 1.29 is 16.3 Å². The van der Waals surface area contributed by atoms with Crippen molar-refractivity contribution in [3.8, 4) is 11.5 Å². The van der Waals surface area contributed by atoms with Crippen LogP contribution in [0.5, 0.6) is 11.5 Å². The molecular formula is C29H32ClNO2. The van der Waals surface area contributed by atoms with E-state index in [9.17, 15) is 0 Å². The van der Waals surface area contributed by atoms with E-state index in [4.69, 9.17) is 16.3 Å². The van der Waals surface area contributed by atoms with Gasteiger partial charge in [0.25, 0.3) is 0 Å². The standard InChI is InChI=1S/C29H31NO2.ClH/c1-31-26-14-16-28-24(21-26)11-15-27(22-7-3-2-4-8-22)29(28)23-9-12-25(13-10-23)32-20-19-30-17-5-6-18-30;/h2-4,7-10,12-14,16,21H,5-6,11,15,17-20H2,1H3;1H/i2D,3D,4D,7D,8D;. The number of hydrogen-bond acceptors (Lipinski definition) is 3. The Bertz CT molecular complexity index is 1330. The van der Waals surface area contributed by atoms with Crippen LogP contribution in [0, 0.1) is 0 Å². The number of benzene rings is 3. The van der Waals surface area contributed by atoms with Crippen molar-refractivity contribution in [3.63, 3.8) is 0 Å². The number of allylic oxidation sites excluding steroid dienone is 1. The van der Waals surface area contributed by atoms with E-state index in [1.807, 2.05) is 42.5 Å². The third-order valence-corrected chi connectivity index (χ3v) is 6.35. The Labute approximate surface area is 210 Å². The Hall–Kier alpha value is -2.75. The number of rotatable bonds is 7. The molecule has 3 aromatic rings. The summed E-state index contributed by atoms with van der Waals surface area (Å²) >= 11 is 0. The maximum Gasteiger partial charge on any atom is 0.119 e. The van der Waals surface area contributed by atoms with Crippen molar-refractivity contribution in [3.05, 3.63) is 94.9 Å². The average Bonchev–Trinajstić information content (AvgIpc) is 3.44. The molecule has 1 heterocycles. The van der Waals surface area contributed by atoms with Crippen molar-refractivity contribution >= 4 is 23.6 Å². The van der Waals surface area contributed by atoms with Gasteiger partial charge in [-0.3, -0.25) is 4.90 Å². The van der Waals surface area contributed by atoms with E-state index in [2.05, 4.69) is 4.90 Å². The molecule has 2 aliphatic rings. The van der Waals surface area contributed by atoms with Gasteiger partial charge in [0.05, 0.1) is 14.0 Å². The lowest BCUT2D eigenvalue weighted by molar-refractivity contribution is 0.238. The monoisotopic (exact) mass is 466 g/mol. The van der Waals surface area contributed by atoms with Crippen LogP contribution >= 0.6 is 12.4 Å². The molecular weight excluding hydrogens is 430 g/mol. The molecule has 1 fully saturated rings. The highest BCUT2D eigenvalue weighted by Crippen LogP contribution is 2.42. The zero-order chi connectivity index (χ0) is 26.1. The molecule has 3 aromatic carbocycles. The fourth-order valence-corrected chi connectivity index (χ4v) is 4.69. The summed E-state index contributed by atoms with van der Waals surface area (Å²) in [4.78, 5) is 2.42. The number of hydrogen-bond donors (Lipinski definition) is 0. The van der Waals surface area contributed by atoms with Gasteiger partial charge in [0, 0.05) is 6.54 Å². The van der Waals surface area contributed by atoms with Crippen LogP contribution in [-0.2, 0) is 6.42 Å². The van der Waals surface area contributed by atoms with Crippen LogP contribution < -0.4 is 9.47 Å². The number of ether oxygens (including phenoxy) is 2. The van der Waals surface area contributed by atoms with Crippen molar-refractivity contribution in [2.24, 2.45) is 0 Å². The second-order valence-corrected chi connectivity index (χ2v) is 8.30. The van der Waals surface area contributed by atoms with Gasteiger partial charge < -0.3 is 9.47 Å². The topological polar surface area (TPSA) is 21.7 Å². The second-order valence-electron chi connectivity index (χ2n) is 8.30. The molecule has 0 spiro atoms. The van der Waals surface area contributed by atoms with Crippen molar-refractivity contribution in [1.29, 1.82) is 0 Å². The van der Waals surface area contributed by atoms with E-state index in [0.717, 1.165) is 59.0 Å². The summed E-state index contributed by atoms with van der Waals surface area (Å²) in [5, 5.41) is 0. The summed E-state index contributed by atoms with van der Waals surface area (Å²) in [6.07, 6.45) is 3.75. The molecule has 0 N–H and O–H groups in total. The molecule has 1 aliphatic carbocycles. The summed E-state index contributed by atoms with van der Waals surface area (Å²) in [6, 6.07) is 12.5. The van der Waals surface area contributed by atoms with Gasteiger partial charge in [-0.1, -0.05) is 48.4 Å². The van der Waals surface area contributed by atoms with Gasteiger partial charge in [-0.25, -0.2) is 0 Å². The molecule has 0 radical (unpaired) electrons. The normalized spacial score (nSPS) is 17.8. The first-order chi connectivity index (χ1) is 17.9. The van der Waals surface area contributed by atoms with Gasteiger partial charge in [-0.2, -0.15) is 0 Å². The maximum absolute atomic E-state index is 8.60. The van der Waals surface area contributed by atoms with Gasteiger partial charge in [-0.05, 0) is 96.4 Å². The zero-order valence-corrected chi connectivity index (χ0v) is 19.7. The Balaban J connectivity index is 0.00000336. The molecule has 0 aromatic heterocycles. The van der Waals surface area contributed by atoms with Gasteiger partial charge >= 0.3 is 0 Å². The molecule has 0 atom stereocenters. The zero-order valence-electron chi connectivity index (χ0n) is 23.9. The number of aryl methyl sites for hydroxylation is 1. The van der Waals surface area contributed by atoms with Crippen LogP contribution in [0.15, 0.2) is 72.7 Å². The van der Waals surface area contributed by atoms with E-state index in [-0.39, 0.29) is 48.2 Å². The van der Waals surface area contributed by atoms with E-state index in [0.29, 0.717) is 19.4 Å². The van der Waals surface area contributed by atoms with Gasteiger partial charge in [0.2, 0.25) is 0 Å². The number of fused-ring (bicyclic) bond motifs is 1. The summed E-state index contributed by atoms with van der Waals surface area (Å²) in [6.45, 7) is 3.83. The van der Waals surface area contributed by atoms with E-state index in [1.165, 1.54) is 12.8 Å². The van der Waals surface area contributed by atoms with Crippen LogP contribution in [0.1, 0.15) is 48.4 Å². The predicted molar refractivity (Wildman–Crippen MR) is 139 cm³/mol. The molecule has 172 valence electrons. The third kappa shape index (κ3) is 5.26. The minimum atomic E-state index is -0.378. The molecule has 0 saturated carbocycles. The minimum absolute atomic E-state index is 0. The van der Waals surface area contributed by atoms with Crippen LogP contribution in [0.25, 0.3) is 11.1 Å².